The number of carbonyl (C=O) groups excluding carboxylic acids is 2. The molecular weight excluding hydrogens is 521 g/mol. The van der Waals surface area contributed by atoms with Crippen LogP contribution in [0.4, 0.5) is 26.7 Å². The molecule has 0 fully saturated rings. The van der Waals surface area contributed by atoms with Crippen LogP contribution in [0.1, 0.15) is 75.3 Å². The van der Waals surface area contributed by atoms with E-state index in [0.717, 1.165) is 6.07 Å². The van der Waals surface area contributed by atoms with Crippen LogP contribution in [0.15, 0.2) is 36.9 Å². The molecule has 0 heterocycles. The molecule has 1 amide bonds. The molecule has 1 atom stereocenters. The lowest BCUT2D eigenvalue weighted by molar-refractivity contribution is -0.143. The predicted molar refractivity (Wildman–Crippen MR) is 138 cm³/mol. The highest BCUT2D eigenvalue weighted by Gasteiger charge is 2.38. The Labute approximate surface area is 225 Å². The van der Waals surface area contributed by atoms with Crippen molar-refractivity contribution in [2.24, 2.45) is 0 Å². The van der Waals surface area contributed by atoms with E-state index in [1.165, 1.54) is 19.1 Å². The van der Waals surface area contributed by atoms with Crippen molar-refractivity contribution in [3.05, 3.63) is 70.8 Å². The van der Waals surface area contributed by atoms with Gasteiger partial charge in [-0.2, -0.15) is 13.2 Å². The molecule has 2 aromatic carbocycles. The average molecular weight is 556 g/mol. The Kier molecular flexibility index (Phi) is 10.7. The second-order valence-electron chi connectivity index (χ2n) is 10.1. The zero-order chi connectivity index (χ0) is 29.5. The fraction of sp³-hybridized carbons (Fsp3) is 0.448. The quantitative estimate of drug-likeness (QED) is 0.140. The monoisotopic (exact) mass is 555 g/mol. The first-order valence-electron chi connectivity index (χ1n) is 12.5. The molecule has 0 radical (unpaired) electrons. The number of nitrogens with one attached hydrogen (secondary N) is 1. The molecule has 2 rings (SSSR count). The second-order valence-corrected chi connectivity index (χ2v) is 10.1. The molecule has 2 aromatic rings. The minimum absolute atomic E-state index is 0.0306. The van der Waals surface area contributed by atoms with Crippen LogP contribution in [0.2, 0.25) is 0 Å². The van der Waals surface area contributed by atoms with Crippen LogP contribution >= 0.6 is 0 Å². The highest BCUT2D eigenvalue weighted by atomic mass is 19.4. The predicted octanol–water partition coefficient (Wildman–Crippen LogP) is 7.99. The standard InChI is InChI=1S/C29H34F5NO4/c1-7-9-10-11-18-13-20(30)12-17(3)25(18)19-14-21(26(31)22(15-19)29(32,33)34)23(16-24(36)38-8-2)35-27(37)39-28(4,5)6/h7,12-15,23H,1,8-11,16H2,2-6H3,(H,35,37)/t23-/m0/s1. The number of rotatable bonds is 10. The Morgan fingerprint density at radius 1 is 1.10 bits per heavy atom. The fourth-order valence-corrected chi connectivity index (χ4v) is 4.19. The summed E-state index contributed by atoms with van der Waals surface area (Å²) >= 11 is 0. The fourth-order valence-electron chi connectivity index (χ4n) is 4.19. The number of ether oxygens (including phenoxy) is 2. The Morgan fingerprint density at radius 2 is 1.77 bits per heavy atom. The summed E-state index contributed by atoms with van der Waals surface area (Å²) in [7, 11) is 0. The molecule has 0 bridgehead atoms. The number of benzene rings is 2. The summed E-state index contributed by atoms with van der Waals surface area (Å²) in [5, 5.41) is 2.32. The number of allylic oxidation sites excluding steroid dienone is 1. The van der Waals surface area contributed by atoms with Crippen LogP contribution in [0.25, 0.3) is 11.1 Å². The van der Waals surface area contributed by atoms with Gasteiger partial charge in [0, 0.05) is 5.56 Å². The normalized spacial score (nSPS) is 12.6. The Balaban J connectivity index is 2.79. The summed E-state index contributed by atoms with van der Waals surface area (Å²) in [5.41, 5.74) is -2.10. The Morgan fingerprint density at radius 3 is 2.33 bits per heavy atom. The molecular formula is C29H34F5NO4. The lowest BCUT2D eigenvalue weighted by atomic mass is 9.88. The van der Waals surface area contributed by atoms with E-state index in [4.69, 9.17) is 9.47 Å². The van der Waals surface area contributed by atoms with Gasteiger partial charge in [-0.1, -0.05) is 6.08 Å². The van der Waals surface area contributed by atoms with Crippen molar-refractivity contribution in [3.63, 3.8) is 0 Å². The topological polar surface area (TPSA) is 64.6 Å². The minimum atomic E-state index is -5.10. The molecule has 0 aromatic heterocycles. The van der Waals surface area contributed by atoms with Crippen LogP contribution in [0.5, 0.6) is 0 Å². The van der Waals surface area contributed by atoms with Gasteiger partial charge in [0.05, 0.1) is 24.6 Å². The number of amides is 1. The van der Waals surface area contributed by atoms with Crippen LogP contribution in [0, 0.1) is 18.6 Å². The molecule has 214 valence electrons. The summed E-state index contributed by atoms with van der Waals surface area (Å²) in [6.45, 7) is 11.4. The van der Waals surface area contributed by atoms with Crippen LogP contribution < -0.4 is 5.32 Å². The molecule has 0 saturated heterocycles. The lowest BCUT2D eigenvalue weighted by Gasteiger charge is -2.25. The first kappa shape index (κ1) is 31.8. The molecule has 0 unspecified atom stereocenters. The zero-order valence-electron chi connectivity index (χ0n) is 22.7. The molecule has 0 aliphatic carbocycles. The average Bonchev–Trinajstić information content (AvgIpc) is 2.77. The molecule has 39 heavy (non-hydrogen) atoms. The van der Waals surface area contributed by atoms with E-state index in [1.807, 2.05) is 0 Å². The van der Waals surface area contributed by atoms with Gasteiger partial charge in [0.2, 0.25) is 0 Å². The lowest BCUT2D eigenvalue weighted by Crippen LogP contribution is -2.36. The number of alkyl halides is 3. The minimum Gasteiger partial charge on any atom is -0.466 e. The molecule has 1 N–H and O–H groups in total. The number of unbranched alkanes of at least 4 members (excludes halogenated alkanes) is 1. The van der Waals surface area contributed by atoms with Gasteiger partial charge < -0.3 is 14.8 Å². The second kappa shape index (κ2) is 13.1. The molecule has 0 saturated carbocycles. The summed E-state index contributed by atoms with van der Waals surface area (Å²) in [5.74, 6) is -3.07. The van der Waals surface area contributed by atoms with Gasteiger partial charge in [-0.3, -0.25) is 4.79 Å². The molecule has 10 heteroatoms. The Bertz CT molecular complexity index is 1200. The molecule has 0 spiro atoms. The van der Waals surface area contributed by atoms with Gasteiger partial charge in [0.1, 0.15) is 17.2 Å². The number of halogens is 5. The van der Waals surface area contributed by atoms with Crippen molar-refractivity contribution < 1.29 is 41.0 Å². The summed E-state index contributed by atoms with van der Waals surface area (Å²) in [4.78, 5) is 24.9. The maximum absolute atomic E-state index is 15.5. The van der Waals surface area contributed by atoms with Crippen molar-refractivity contribution >= 4 is 12.1 Å². The van der Waals surface area contributed by atoms with Crippen molar-refractivity contribution in [1.82, 2.24) is 5.32 Å². The third kappa shape index (κ3) is 9.07. The highest BCUT2D eigenvalue weighted by molar-refractivity contribution is 5.76. The Hall–Kier alpha value is -3.43. The molecule has 5 nitrogen and oxygen atoms in total. The first-order chi connectivity index (χ1) is 18.1. The van der Waals surface area contributed by atoms with E-state index in [1.54, 1.807) is 33.8 Å². The maximum Gasteiger partial charge on any atom is 0.419 e. The SMILES string of the molecule is C=CCCCc1cc(F)cc(C)c1-c1cc([C@H](CC(=O)OCC)NC(=O)OC(C)(C)C)c(F)c(C(F)(F)F)c1. The summed E-state index contributed by atoms with van der Waals surface area (Å²) in [6, 6.07) is 2.66. The van der Waals surface area contributed by atoms with Crippen LogP contribution in [-0.2, 0) is 26.9 Å². The van der Waals surface area contributed by atoms with Crippen LogP contribution in [-0.4, -0.2) is 24.3 Å². The van der Waals surface area contributed by atoms with Crippen molar-refractivity contribution in [3.8, 4) is 11.1 Å². The van der Waals surface area contributed by atoms with Gasteiger partial charge >= 0.3 is 18.2 Å². The number of hydrogen-bond acceptors (Lipinski definition) is 4. The van der Waals surface area contributed by atoms with E-state index in [2.05, 4.69) is 11.9 Å². The van der Waals surface area contributed by atoms with Gasteiger partial charge in [-0.15, -0.1) is 6.58 Å². The molecule has 0 aliphatic heterocycles. The van der Waals surface area contributed by atoms with Crippen LogP contribution in [0.3, 0.4) is 0 Å². The van der Waals surface area contributed by atoms with E-state index < -0.39 is 59.1 Å². The smallest absolute Gasteiger partial charge is 0.419 e. The van der Waals surface area contributed by atoms with Gasteiger partial charge in [-0.25, -0.2) is 13.6 Å². The third-order valence-corrected chi connectivity index (χ3v) is 5.67. The van der Waals surface area contributed by atoms with E-state index in [0.29, 0.717) is 42.0 Å². The van der Waals surface area contributed by atoms with Crippen molar-refractivity contribution in [2.45, 2.75) is 78.1 Å². The third-order valence-electron chi connectivity index (χ3n) is 5.67. The number of hydrogen-bond donors (Lipinski definition) is 1. The van der Waals surface area contributed by atoms with E-state index in [-0.39, 0.29) is 12.2 Å². The van der Waals surface area contributed by atoms with Gasteiger partial charge in [-0.05, 0) is 100 Å². The van der Waals surface area contributed by atoms with Crippen molar-refractivity contribution in [2.75, 3.05) is 6.61 Å². The number of aryl methyl sites for hydroxylation is 2. The highest BCUT2D eigenvalue weighted by Crippen LogP contribution is 2.40. The van der Waals surface area contributed by atoms with Gasteiger partial charge in [0.25, 0.3) is 0 Å². The number of carbonyl (C=O) groups is 2. The molecule has 0 aliphatic rings. The summed E-state index contributed by atoms with van der Waals surface area (Å²) < 4.78 is 82.1. The maximum atomic E-state index is 15.5. The first-order valence-corrected chi connectivity index (χ1v) is 12.5. The van der Waals surface area contributed by atoms with E-state index in [9.17, 15) is 27.2 Å². The van der Waals surface area contributed by atoms with E-state index >= 15 is 4.39 Å². The number of alkyl carbamates (subject to hydrolysis) is 1. The largest absolute Gasteiger partial charge is 0.466 e. The zero-order valence-corrected chi connectivity index (χ0v) is 22.7. The van der Waals surface area contributed by atoms with Gasteiger partial charge in [0.15, 0.2) is 0 Å². The summed E-state index contributed by atoms with van der Waals surface area (Å²) in [6.07, 6.45) is -3.66. The van der Waals surface area contributed by atoms with Crippen molar-refractivity contribution in [1.29, 1.82) is 0 Å². The number of esters is 1.